The van der Waals surface area contributed by atoms with E-state index in [9.17, 15) is 31.5 Å². The third-order valence-corrected chi connectivity index (χ3v) is 6.90. The van der Waals surface area contributed by atoms with E-state index in [2.05, 4.69) is 4.98 Å². The first kappa shape index (κ1) is 23.3. The molecule has 2 aromatic carbocycles. The van der Waals surface area contributed by atoms with Crippen molar-refractivity contribution in [3.63, 3.8) is 0 Å². The Kier molecular flexibility index (Phi) is 5.82. The fourth-order valence-corrected chi connectivity index (χ4v) is 4.33. The Bertz CT molecular complexity index is 1510. The molecule has 0 atom stereocenters. The van der Waals surface area contributed by atoms with Gasteiger partial charge in [-0.05, 0) is 48.4 Å². The Hall–Kier alpha value is -3.86. The van der Waals surface area contributed by atoms with Crippen LogP contribution in [0.5, 0.6) is 5.88 Å². The number of hydrogen-bond donors (Lipinski definition) is 1. The molecule has 0 bridgehead atoms. The lowest BCUT2D eigenvalue weighted by Crippen LogP contribution is -2.25. The summed E-state index contributed by atoms with van der Waals surface area (Å²) in [5.74, 6) is -0.410. The van der Waals surface area contributed by atoms with Gasteiger partial charge in [-0.25, -0.2) is 17.8 Å². The molecule has 0 amide bonds. The Morgan fingerprint density at radius 3 is 2.26 bits per heavy atom. The molecule has 11 heteroatoms. The van der Waals surface area contributed by atoms with Gasteiger partial charge >= 0.3 is 11.2 Å². The largest absolute Gasteiger partial charge is 0.501 e. The van der Waals surface area contributed by atoms with Gasteiger partial charge in [0.2, 0.25) is 5.88 Å². The highest BCUT2D eigenvalue weighted by Gasteiger charge is 2.46. The van der Waals surface area contributed by atoms with Crippen LogP contribution in [0.2, 0.25) is 0 Å². The van der Waals surface area contributed by atoms with Gasteiger partial charge in [0.25, 0.3) is 9.84 Å². The number of pyridine rings is 1. The lowest BCUT2D eigenvalue weighted by molar-refractivity contribution is -0.0436. The van der Waals surface area contributed by atoms with Crippen LogP contribution in [0.15, 0.2) is 82.7 Å². The van der Waals surface area contributed by atoms with Crippen LogP contribution in [0.4, 0.5) is 13.2 Å². The third kappa shape index (κ3) is 3.98. The Labute approximate surface area is 192 Å². The van der Waals surface area contributed by atoms with Crippen molar-refractivity contribution in [3.8, 4) is 22.7 Å². The average molecular weight is 489 g/mol. The van der Waals surface area contributed by atoms with Crippen LogP contribution in [-0.4, -0.2) is 33.2 Å². The van der Waals surface area contributed by atoms with Crippen molar-refractivity contribution in [1.29, 1.82) is 0 Å². The number of sulfone groups is 1. The van der Waals surface area contributed by atoms with Crippen LogP contribution in [0.1, 0.15) is 11.3 Å². The molecule has 0 aliphatic rings. The molecule has 0 spiro atoms. The number of benzene rings is 2. The van der Waals surface area contributed by atoms with E-state index in [-0.39, 0.29) is 17.9 Å². The van der Waals surface area contributed by atoms with Gasteiger partial charge in [0, 0.05) is 18.0 Å². The number of nitrogens with zero attached hydrogens (tertiary/aromatic N) is 3. The predicted molar refractivity (Wildman–Crippen MR) is 118 cm³/mol. The highest BCUT2D eigenvalue weighted by Crippen LogP contribution is 2.31. The number of alkyl halides is 3. The van der Waals surface area contributed by atoms with Gasteiger partial charge < -0.3 is 5.11 Å². The molecule has 0 radical (unpaired) electrons. The summed E-state index contributed by atoms with van der Waals surface area (Å²) in [7, 11) is -5.53. The molecule has 0 aliphatic heterocycles. The molecule has 1 N–H and O–H groups in total. The lowest BCUT2D eigenvalue weighted by atomic mass is 10.0. The summed E-state index contributed by atoms with van der Waals surface area (Å²) >= 11 is 0. The average Bonchev–Trinajstić information content (AvgIpc) is 3.02. The van der Waals surface area contributed by atoms with Crippen LogP contribution >= 0.6 is 0 Å². The number of imidazole rings is 1. The molecule has 0 unspecified atom stereocenters. The fraction of sp³-hybridized carbons (Fsp3) is 0.130. The molecular weight excluding hydrogens is 471 g/mol. The van der Waals surface area contributed by atoms with Gasteiger partial charge in [-0.1, -0.05) is 30.3 Å². The van der Waals surface area contributed by atoms with Crippen molar-refractivity contribution in [2.24, 2.45) is 0 Å². The quantitative estimate of drug-likeness (QED) is 0.456. The van der Waals surface area contributed by atoms with Crippen LogP contribution in [0.25, 0.3) is 16.8 Å². The van der Waals surface area contributed by atoms with E-state index in [1.165, 1.54) is 11.5 Å². The van der Waals surface area contributed by atoms with Gasteiger partial charge in [0.1, 0.15) is 0 Å². The van der Waals surface area contributed by atoms with Crippen LogP contribution in [0.3, 0.4) is 0 Å². The van der Waals surface area contributed by atoms with E-state index in [4.69, 9.17) is 0 Å². The highest BCUT2D eigenvalue weighted by atomic mass is 32.2. The van der Waals surface area contributed by atoms with Crippen molar-refractivity contribution in [3.05, 3.63) is 94.8 Å². The smallest absolute Gasteiger partial charge is 0.493 e. The van der Waals surface area contributed by atoms with E-state index in [1.54, 1.807) is 18.5 Å². The number of aromatic hydroxyl groups is 1. The first-order valence-corrected chi connectivity index (χ1v) is 11.4. The molecule has 4 rings (SSSR count). The molecule has 4 aromatic rings. The summed E-state index contributed by atoms with van der Waals surface area (Å²) in [5.41, 5.74) is -3.40. The van der Waals surface area contributed by atoms with Crippen LogP contribution in [-0.2, 0) is 16.4 Å². The third-order valence-electron chi connectivity index (χ3n) is 5.40. The van der Waals surface area contributed by atoms with Crippen molar-refractivity contribution in [2.75, 3.05) is 0 Å². The summed E-state index contributed by atoms with van der Waals surface area (Å²) < 4.78 is 63.8. The van der Waals surface area contributed by atoms with E-state index in [1.807, 2.05) is 30.3 Å². The van der Waals surface area contributed by atoms with Gasteiger partial charge in [0.05, 0.1) is 22.8 Å². The van der Waals surface area contributed by atoms with Crippen molar-refractivity contribution in [2.45, 2.75) is 23.9 Å². The fourth-order valence-electron chi connectivity index (χ4n) is 3.57. The molecule has 176 valence electrons. The SMILES string of the molecule is Cc1c(O)n(-c2ccc(S(=O)(=O)C(F)(F)F)cc2)c(=O)n1Cc1ccncc1-c1ccccc1. The van der Waals surface area contributed by atoms with Crippen molar-refractivity contribution < 1.29 is 26.7 Å². The van der Waals surface area contributed by atoms with E-state index < -0.39 is 31.8 Å². The Morgan fingerprint density at radius 1 is 1.00 bits per heavy atom. The molecule has 2 heterocycles. The minimum Gasteiger partial charge on any atom is -0.493 e. The number of aromatic nitrogens is 3. The maximum Gasteiger partial charge on any atom is 0.501 e. The zero-order valence-electron chi connectivity index (χ0n) is 17.7. The number of hydrogen-bond acceptors (Lipinski definition) is 5. The summed E-state index contributed by atoms with van der Waals surface area (Å²) in [5, 5.41) is 10.6. The first-order chi connectivity index (χ1) is 16.0. The van der Waals surface area contributed by atoms with Crippen LogP contribution < -0.4 is 5.69 Å². The summed E-state index contributed by atoms with van der Waals surface area (Å²) in [6.45, 7) is 1.62. The normalized spacial score (nSPS) is 12.1. The van der Waals surface area contributed by atoms with E-state index in [0.717, 1.165) is 45.5 Å². The van der Waals surface area contributed by atoms with Gasteiger partial charge in [-0.3, -0.25) is 9.55 Å². The molecule has 2 aromatic heterocycles. The first-order valence-electron chi connectivity index (χ1n) is 9.93. The molecule has 0 saturated carbocycles. The molecule has 0 aliphatic carbocycles. The Balaban J connectivity index is 1.75. The molecule has 34 heavy (non-hydrogen) atoms. The minimum absolute atomic E-state index is 0.0171. The lowest BCUT2D eigenvalue weighted by Gasteiger charge is -2.10. The van der Waals surface area contributed by atoms with Crippen LogP contribution in [0, 0.1) is 6.92 Å². The zero-order valence-corrected chi connectivity index (χ0v) is 18.5. The molecule has 0 saturated heterocycles. The monoisotopic (exact) mass is 489 g/mol. The molecular formula is C23H18F3N3O4S. The van der Waals surface area contributed by atoms with E-state index in [0.29, 0.717) is 0 Å². The Morgan fingerprint density at radius 2 is 1.65 bits per heavy atom. The minimum atomic E-state index is -5.53. The highest BCUT2D eigenvalue weighted by molar-refractivity contribution is 7.92. The van der Waals surface area contributed by atoms with Crippen molar-refractivity contribution in [1.82, 2.24) is 14.1 Å². The summed E-state index contributed by atoms with van der Waals surface area (Å²) in [6.07, 6.45) is 3.25. The van der Waals surface area contributed by atoms with Gasteiger partial charge in [-0.15, -0.1) is 0 Å². The maximum atomic E-state index is 13.2. The summed E-state index contributed by atoms with van der Waals surface area (Å²) in [6, 6.07) is 14.7. The summed E-state index contributed by atoms with van der Waals surface area (Å²) in [4.78, 5) is 16.3. The number of halogens is 3. The standard InChI is InChI=1S/C23H18F3N3O4S/c1-15-21(30)29(18-7-9-19(10-8-18)34(32,33)23(24,25)26)22(31)28(15)14-17-11-12-27-13-20(17)16-5-3-2-4-6-16/h2-13,30H,14H2,1H3. The zero-order chi connectivity index (χ0) is 24.7. The predicted octanol–water partition coefficient (Wildman–Crippen LogP) is 4.06. The number of rotatable bonds is 5. The van der Waals surface area contributed by atoms with E-state index >= 15 is 0 Å². The second kappa shape index (κ2) is 8.49. The molecule has 7 nitrogen and oxygen atoms in total. The second-order valence-electron chi connectivity index (χ2n) is 7.46. The van der Waals surface area contributed by atoms with Gasteiger partial charge in [-0.2, -0.15) is 13.2 Å². The second-order valence-corrected chi connectivity index (χ2v) is 9.40. The maximum absolute atomic E-state index is 13.2. The van der Waals surface area contributed by atoms with Gasteiger partial charge in [0.15, 0.2) is 0 Å². The topological polar surface area (TPSA) is 94.2 Å². The van der Waals surface area contributed by atoms with Crippen molar-refractivity contribution >= 4 is 9.84 Å². The molecule has 0 fully saturated rings.